The first kappa shape index (κ1) is 15.2. The van der Waals surface area contributed by atoms with Crippen molar-refractivity contribution in [3.05, 3.63) is 23.8 Å². The maximum absolute atomic E-state index is 12.9. The number of piperazine rings is 1. The highest BCUT2D eigenvalue weighted by atomic mass is 16.5. The third-order valence-electron chi connectivity index (χ3n) is 4.84. The minimum absolute atomic E-state index is 0.104. The molecular formula is C17H24N2O3. The molecule has 120 valence electrons. The van der Waals surface area contributed by atoms with Crippen LogP contribution >= 0.6 is 0 Å². The van der Waals surface area contributed by atoms with Crippen LogP contribution < -0.4 is 14.8 Å². The van der Waals surface area contributed by atoms with Crippen molar-refractivity contribution in [1.29, 1.82) is 0 Å². The van der Waals surface area contributed by atoms with Crippen LogP contribution in [-0.4, -0.2) is 49.7 Å². The number of benzene rings is 1. The number of nitrogens with one attached hydrogen (secondary N) is 1. The van der Waals surface area contributed by atoms with Crippen LogP contribution in [-0.2, 0) is 11.2 Å². The molecule has 0 spiro atoms. The van der Waals surface area contributed by atoms with Gasteiger partial charge in [-0.15, -0.1) is 0 Å². The highest BCUT2D eigenvalue weighted by Crippen LogP contribution is 2.31. The first-order chi connectivity index (χ1) is 10.6. The van der Waals surface area contributed by atoms with E-state index in [0.717, 1.165) is 36.6 Å². The topological polar surface area (TPSA) is 50.8 Å². The lowest BCUT2D eigenvalue weighted by atomic mass is 9.94. The molecule has 2 aliphatic rings. The normalized spacial score (nSPS) is 27.8. The minimum atomic E-state index is -0.104. The van der Waals surface area contributed by atoms with E-state index in [1.54, 1.807) is 7.11 Å². The molecule has 2 aliphatic heterocycles. The lowest BCUT2D eigenvalue weighted by Crippen LogP contribution is -2.59. The van der Waals surface area contributed by atoms with E-state index < -0.39 is 0 Å². The Morgan fingerprint density at radius 1 is 1.41 bits per heavy atom. The molecule has 1 aromatic rings. The maximum Gasteiger partial charge on any atom is 0.229 e. The standard InChI is InChI=1S/C17H24N2O3/c1-11-12(2)19(7-6-18-11)17(20)14-8-13-9-15(21-3)4-5-16(13)22-10-14/h4-5,9,11-12,14,18H,6-8,10H2,1-3H3. The van der Waals surface area contributed by atoms with Crippen molar-refractivity contribution in [1.82, 2.24) is 10.2 Å². The Morgan fingerprint density at radius 3 is 3.00 bits per heavy atom. The van der Waals surface area contributed by atoms with Crippen molar-refractivity contribution >= 4 is 5.91 Å². The summed E-state index contributed by atoms with van der Waals surface area (Å²) in [5, 5.41) is 3.41. The van der Waals surface area contributed by atoms with Gasteiger partial charge < -0.3 is 19.7 Å². The highest BCUT2D eigenvalue weighted by molar-refractivity contribution is 5.80. The van der Waals surface area contributed by atoms with Gasteiger partial charge in [0.15, 0.2) is 0 Å². The largest absolute Gasteiger partial charge is 0.497 e. The Morgan fingerprint density at radius 2 is 2.23 bits per heavy atom. The summed E-state index contributed by atoms with van der Waals surface area (Å²) in [4.78, 5) is 14.9. The van der Waals surface area contributed by atoms with Crippen molar-refractivity contribution in [2.24, 2.45) is 5.92 Å². The zero-order valence-corrected chi connectivity index (χ0v) is 13.5. The molecule has 1 amide bonds. The van der Waals surface area contributed by atoms with Gasteiger partial charge in [0.05, 0.1) is 13.0 Å². The number of amides is 1. The molecule has 5 heteroatoms. The summed E-state index contributed by atoms with van der Waals surface area (Å²) in [7, 11) is 1.65. The second-order valence-electron chi connectivity index (χ2n) is 6.20. The van der Waals surface area contributed by atoms with E-state index >= 15 is 0 Å². The predicted octanol–water partition coefficient (Wildman–Crippen LogP) is 1.46. The third kappa shape index (κ3) is 2.77. The van der Waals surface area contributed by atoms with Crippen LogP contribution in [0.4, 0.5) is 0 Å². The summed E-state index contributed by atoms with van der Waals surface area (Å²) in [5.41, 5.74) is 1.06. The number of hydrogen-bond donors (Lipinski definition) is 1. The summed E-state index contributed by atoms with van der Waals surface area (Å²) in [6.45, 7) is 6.32. The lowest BCUT2D eigenvalue weighted by molar-refractivity contribution is -0.140. The van der Waals surface area contributed by atoms with Gasteiger partial charge in [0, 0.05) is 25.2 Å². The van der Waals surface area contributed by atoms with Gasteiger partial charge in [0.1, 0.15) is 18.1 Å². The van der Waals surface area contributed by atoms with Crippen LogP contribution in [0.15, 0.2) is 18.2 Å². The molecule has 3 unspecified atom stereocenters. The second kappa shape index (κ2) is 6.16. The number of carbonyl (C=O) groups is 1. The van der Waals surface area contributed by atoms with Gasteiger partial charge in [0.25, 0.3) is 0 Å². The van der Waals surface area contributed by atoms with Gasteiger partial charge in [-0.25, -0.2) is 0 Å². The number of carbonyl (C=O) groups excluding carboxylic acids is 1. The van der Waals surface area contributed by atoms with E-state index in [9.17, 15) is 4.79 Å². The van der Waals surface area contributed by atoms with E-state index in [2.05, 4.69) is 19.2 Å². The first-order valence-electron chi connectivity index (χ1n) is 7.93. The zero-order chi connectivity index (χ0) is 15.7. The molecule has 1 saturated heterocycles. The number of methoxy groups -OCH3 is 1. The molecule has 0 saturated carbocycles. The Balaban J connectivity index is 1.74. The lowest BCUT2D eigenvalue weighted by Gasteiger charge is -2.41. The number of hydrogen-bond acceptors (Lipinski definition) is 4. The number of fused-ring (bicyclic) bond motifs is 1. The number of nitrogens with zero attached hydrogens (tertiary/aromatic N) is 1. The molecule has 0 aromatic heterocycles. The Kier molecular flexibility index (Phi) is 4.25. The van der Waals surface area contributed by atoms with Crippen molar-refractivity contribution in [2.45, 2.75) is 32.4 Å². The van der Waals surface area contributed by atoms with Crippen molar-refractivity contribution in [3.8, 4) is 11.5 Å². The molecule has 22 heavy (non-hydrogen) atoms. The number of rotatable bonds is 2. The molecule has 0 radical (unpaired) electrons. The molecule has 2 heterocycles. The van der Waals surface area contributed by atoms with Crippen molar-refractivity contribution in [3.63, 3.8) is 0 Å². The quantitative estimate of drug-likeness (QED) is 0.898. The first-order valence-corrected chi connectivity index (χ1v) is 7.93. The second-order valence-corrected chi connectivity index (χ2v) is 6.20. The monoisotopic (exact) mass is 304 g/mol. The number of ether oxygens (including phenoxy) is 2. The fraction of sp³-hybridized carbons (Fsp3) is 0.588. The molecule has 1 fully saturated rings. The van der Waals surface area contributed by atoms with Gasteiger partial charge in [0.2, 0.25) is 5.91 Å². The van der Waals surface area contributed by atoms with Gasteiger partial charge in [-0.2, -0.15) is 0 Å². The summed E-state index contributed by atoms with van der Waals surface area (Å²) in [6.07, 6.45) is 0.719. The maximum atomic E-state index is 12.9. The van der Waals surface area contributed by atoms with E-state index in [4.69, 9.17) is 9.47 Å². The van der Waals surface area contributed by atoms with Crippen LogP contribution in [0.1, 0.15) is 19.4 Å². The average molecular weight is 304 g/mol. The summed E-state index contributed by atoms with van der Waals surface area (Å²) < 4.78 is 11.1. The van der Waals surface area contributed by atoms with Gasteiger partial charge in [-0.3, -0.25) is 4.79 Å². The Hall–Kier alpha value is -1.75. The third-order valence-corrected chi connectivity index (χ3v) is 4.84. The van der Waals surface area contributed by atoms with Crippen LogP contribution in [0.2, 0.25) is 0 Å². The molecule has 5 nitrogen and oxygen atoms in total. The molecule has 1 aromatic carbocycles. The molecule has 3 rings (SSSR count). The smallest absolute Gasteiger partial charge is 0.229 e. The van der Waals surface area contributed by atoms with Crippen molar-refractivity contribution in [2.75, 3.05) is 26.8 Å². The van der Waals surface area contributed by atoms with E-state index in [0.29, 0.717) is 12.6 Å². The SMILES string of the molecule is COc1ccc2c(c1)CC(C(=O)N1CCNC(C)C1C)CO2. The Labute approximate surface area is 131 Å². The van der Waals surface area contributed by atoms with Gasteiger partial charge in [-0.1, -0.05) is 0 Å². The minimum Gasteiger partial charge on any atom is -0.497 e. The van der Waals surface area contributed by atoms with Crippen molar-refractivity contribution < 1.29 is 14.3 Å². The summed E-state index contributed by atoms with van der Waals surface area (Å²) in [6, 6.07) is 6.33. The van der Waals surface area contributed by atoms with Crippen LogP contribution in [0.25, 0.3) is 0 Å². The summed E-state index contributed by atoms with van der Waals surface area (Å²) in [5.74, 6) is 1.77. The predicted molar refractivity (Wildman–Crippen MR) is 84.3 cm³/mol. The van der Waals surface area contributed by atoms with Crippen LogP contribution in [0, 0.1) is 5.92 Å². The Bertz CT molecular complexity index is 561. The van der Waals surface area contributed by atoms with Crippen LogP contribution in [0.3, 0.4) is 0 Å². The van der Waals surface area contributed by atoms with Gasteiger partial charge in [-0.05, 0) is 44.0 Å². The van der Waals surface area contributed by atoms with Crippen LogP contribution in [0.5, 0.6) is 11.5 Å². The van der Waals surface area contributed by atoms with E-state index in [1.807, 2.05) is 23.1 Å². The zero-order valence-electron chi connectivity index (χ0n) is 13.5. The molecule has 3 atom stereocenters. The summed E-state index contributed by atoms with van der Waals surface area (Å²) >= 11 is 0. The van der Waals surface area contributed by atoms with E-state index in [1.165, 1.54) is 0 Å². The highest BCUT2D eigenvalue weighted by Gasteiger charge is 2.34. The van der Waals surface area contributed by atoms with E-state index in [-0.39, 0.29) is 17.9 Å². The molecular weight excluding hydrogens is 280 g/mol. The fourth-order valence-electron chi connectivity index (χ4n) is 3.26. The average Bonchev–Trinajstić information content (AvgIpc) is 2.55. The molecule has 0 bridgehead atoms. The molecule has 1 N–H and O–H groups in total. The van der Waals surface area contributed by atoms with Gasteiger partial charge >= 0.3 is 0 Å². The molecule has 0 aliphatic carbocycles. The fourth-order valence-corrected chi connectivity index (χ4v) is 3.26.